The van der Waals surface area contributed by atoms with Crippen molar-refractivity contribution in [1.82, 2.24) is 4.90 Å². The van der Waals surface area contributed by atoms with Gasteiger partial charge in [-0.3, -0.25) is 4.79 Å². The van der Waals surface area contributed by atoms with Gasteiger partial charge < -0.3 is 20.4 Å². The molecule has 0 aliphatic carbocycles. The average Bonchev–Trinajstić information content (AvgIpc) is 2.82. The Morgan fingerprint density at radius 1 is 0.818 bits per heavy atom. The summed E-state index contributed by atoms with van der Waals surface area (Å²) in [7, 11) is 0. The minimum atomic E-state index is -0.311. The number of hydrogen-bond acceptors (Lipinski definition) is 3. The normalized spacial score (nSPS) is 17.1. The fourth-order valence-corrected chi connectivity index (χ4v) is 4.69. The Bertz CT molecular complexity index is 1010. The van der Waals surface area contributed by atoms with Crippen molar-refractivity contribution in [3.63, 3.8) is 0 Å². The van der Waals surface area contributed by atoms with Crippen LogP contribution in [0, 0.1) is 19.8 Å². The van der Waals surface area contributed by atoms with Crippen LogP contribution in [0.15, 0.2) is 36.4 Å². The van der Waals surface area contributed by atoms with Gasteiger partial charge in [0.05, 0.1) is 5.56 Å². The minimum absolute atomic E-state index is 0.0701. The van der Waals surface area contributed by atoms with E-state index in [2.05, 4.69) is 22.5 Å². The summed E-state index contributed by atoms with van der Waals surface area (Å²) in [6.45, 7) is 9.85. The van der Waals surface area contributed by atoms with E-state index < -0.39 is 0 Å². The molecule has 2 N–H and O–H groups in total. The first kappa shape index (κ1) is 23.1. The molecule has 2 aliphatic heterocycles. The van der Waals surface area contributed by atoms with E-state index in [1.807, 2.05) is 55.1 Å². The van der Waals surface area contributed by atoms with Gasteiger partial charge in [-0.05, 0) is 93.3 Å². The number of urea groups is 1. The van der Waals surface area contributed by atoms with Crippen LogP contribution >= 0.6 is 0 Å². The number of rotatable bonds is 4. The molecule has 3 amide bonds. The summed E-state index contributed by atoms with van der Waals surface area (Å²) in [5.41, 5.74) is 5.37. The Morgan fingerprint density at radius 3 is 2.12 bits per heavy atom. The first-order valence-corrected chi connectivity index (χ1v) is 12.2. The number of anilines is 3. The molecule has 2 aliphatic rings. The van der Waals surface area contributed by atoms with Gasteiger partial charge in [-0.2, -0.15) is 0 Å². The molecule has 176 valence electrons. The van der Waals surface area contributed by atoms with Gasteiger partial charge >= 0.3 is 6.03 Å². The maximum atomic E-state index is 13.5. The third-order valence-electron chi connectivity index (χ3n) is 7.02. The number of benzene rings is 2. The summed E-state index contributed by atoms with van der Waals surface area (Å²) in [6.07, 6.45) is 5.62. The van der Waals surface area contributed by atoms with E-state index in [1.54, 1.807) is 0 Å². The first-order valence-electron chi connectivity index (χ1n) is 12.2. The Kier molecular flexibility index (Phi) is 7.21. The van der Waals surface area contributed by atoms with Crippen molar-refractivity contribution in [3.8, 4) is 0 Å². The lowest BCUT2D eigenvalue weighted by Gasteiger charge is -2.34. The highest BCUT2D eigenvalue weighted by Gasteiger charge is 2.26. The highest BCUT2D eigenvalue weighted by Crippen LogP contribution is 2.30. The number of carbonyl (C=O) groups is 2. The third kappa shape index (κ3) is 5.67. The molecule has 0 spiro atoms. The Morgan fingerprint density at radius 2 is 1.45 bits per heavy atom. The Labute approximate surface area is 197 Å². The molecule has 6 nitrogen and oxygen atoms in total. The molecule has 2 aromatic rings. The molecule has 33 heavy (non-hydrogen) atoms. The van der Waals surface area contributed by atoms with Crippen LogP contribution in [0.5, 0.6) is 0 Å². The van der Waals surface area contributed by atoms with Gasteiger partial charge in [0.2, 0.25) is 0 Å². The SMILES string of the molecule is Cc1ccc(NC(=O)Nc2ccc(N3CCCCC3)c(C(=O)N3CCC(C)CC3)c2)cc1C. The van der Waals surface area contributed by atoms with Gasteiger partial charge in [0.25, 0.3) is 5.91 Å². The summed E-state index contributed by atoms with van der Waals surface area (Å²) >= 11 is 0. The van der Waals surface area contributed by atoms with Crippen LogP contribution in [0.25, 0.3) is 0 Å². The second kappa shape index (κ2) is 10.3. The van der Waals surface area contributed by atoms with Gasteiger partial charge in [-0.1, -0.05) is 13.0 Å². The second-order valence-electron chi connectivity index (χ2n) is 9.63. The molecular formula is C27H36N4O2. The van der Waals surface area contributed by atoms with E-state index in [0.29, 0.717) is 17.2 Å². The van der Waals surface area contributed by atoms with E-state index >= 15 is 0 Å². The smallest absolute Gasteiger partial charge is 0.323 e. The van der Waals surface area contributed by atoms with Crippen LogP contribution in [0.2, 0.25) is 0 Å². The summed E-state index contributed by atoms with van der Waals surface area (Å²) < 4.78 is 0. The quantitative estimate of drug-likeness (QED) is 0.620. The highest BCUT2D eigenvalue weighted by atomic mass is 16.2. The maximum Gasteiger partial charge on any atom is 0.323 e. The fraction of sp³-hybridized carbons (Fsp3) is 0.481. The molecule has 0 radical (unpaired) electrons. The number of likely N-dealkylation sites (tertiary alicyclic amines) is 1. The Hall–Kier alpha value is -3.02. The number of nitrogens with zero attached hydrogens (tertiary/aromatic N) is 2. The van der Waals surface area contributed by atoms with Crippen LogP contribution < -0.4 is 15.5 Å². The highest BCUT2D eigenvalue weighted by molar-refractivity contribution is 6.04. The molecule has 2 fully saturated rings. The summed E-state index contributed by atoms with van der Waals surface area (Å²) in [4.78, 5) is 30.5. The zero-order valence-corrected chi connectivity index (χ0v) is 20.1. The molecule has 2 aromatic carbocycles. The predicted molar refractivity (Wildman–Crippen MR) is 135 cm³/mol. The lowest BCUT2D eigenvalue weighted by atomic mass is 9.98. The summed E-state index contributed by atoms with van der Waals surface area (Å²) in [6, 6.07) is 11.3. The fourth-order valence-electron chi connectivity index (χ4n) is 4.69. The van der Waals surface area contributed by atoms with Crippen LogP contribution in [-0.2, 0) is 0 Å². The van der Waals surface area contributed by atoms with Crippen molar-refractivity contribution in [2.75, 3.05) is 41.7 Å². The molecule has 0 atom stereocenters. The van der Waals surface area contributed by atoms with E-state index in [9.17, 15) is 9.59 Å². The molecule has 6 heteroatoms. The van der Waals surface area contributed by atoms with Crippen LogP contribution in [0.4, 0.5) is 21.9 Å². The van der Waals surface area contributed by atoms with E-state index in [4.69, 9.17) is 0 Å². The number of hydrogen-bond donors (Lipinski definition) is 2. The summed E-state index contributed by atoms with van der Waals surface area (Å²) in [5.74, 6) is 0.735. The van der Waals surface area contributed by atoms with Crippen molar-refractivity contribution in [1.29, 1.82) is 0 Å². The zero-order valence-electron chi connectivity index (χ0n) is 20.1. The number of amides is 3. The molecule has 0 saturated carbocycles. The topological polar surface area (TPSA) is 64.7 Å². The van der Waals surface area contributed by atoms with Gasteiger partial charge in [-0.15, -0.1) is 0 Å². The van der Waals surface area contributed by atoms with Crippen LogP contribution in [0.3, 0.4) is 0 Å². The van der Waals surface area contributed by atoms with E-state index in [0.717, 1.165) is 68.8 Å². The lowest BCUT2D eigenvalue weighted by Crippen LogP contribution is -2.39. The largest absolute Gasteiger partial charge is 0.371 e. The number of nitrogens with one attached hydrogen (secondary N) is 2. The number of piperidine rings is 2. The van der Waals surface area contributed by atoms with E-state index in [1.165, 1.54) is 12.0 Å². The lowest BCUT2D eigenvalue weighted by molar-refractivity contribution is 0.0697. The van der Waals surface area contributed by atoms with Crippen molar-refractivity contribution in [2.24, 2.45) is 5.92 Å². The monoisotopic (exact) mass is 448 g/mol. The molecule has 4 rings (SSSR count). The first-order chi connectivity index (χ1) is 15.9. The third-order valence-corrected chi connectivity index (χ3v) is 7.02. The van der Waals surface area contributed by atoms with Gasteiger partial charge in [-0.25, -0.2) is 4.79 Å². The zero-order chi connectivity index (χ0) is 23.4. The predicted octanol–water partition coefficient (Wildman–Crippen LogP) is 5.81. The number of aryl methyl sites for hydroxylation is 2. The van der Waals surface area contributed by atoms with Crippen molar-refractivity contribution >= 4 is 29.0 Å². The van der Waals surface area contributed by atoms with Gasteiger partial charge in [0.15, 0.2) is 0 Å². The van der Waals surface area contributed by atoms with Gasteiger partial charge in [0, 0.05) is 43.2 Å². The number of carbonyl (C=O) groups excluding carboxylic acids is 2. The molecule has 0 unspecified atom stereocenters. The molecular weight excluding hydrogens is 412 g/mol. The van der Waals surface area contributed by atoms with Crippen LogP contribution in [-0.4, -0.2) is 43.0 Å². The molecule has 0 aromatic heterocycles. The van der Waals surface area contributed by atoms with E-state index in [-0.39, 0.29) is 11.9 Å². The Balaban J connectivity index is 1.54. The molecule has 2 saturated heterocycles. The standard InChI is InChI=1S/C27H36N4O2/c1-19-11-15-31(16-12-19)26(32)24-18-23(9-10-25(24)30-13-5-4-6-14-30)29-27(33)28-22-8-7-20(2)21(3)17-22/h7-10,17-19H,4-6,11-16H2,1-3H3,(H2,28,29,33). The maximum absolute atomic E-state index is 13.5. The summed E-state index contributed by atoms with van der Waals surface area (Å²) in [5, 5.41) is 5.82. The van der Waals surface area contributed by atoms with Crippen molar-refractivity contribution < 1.29 is 9.59 Å². The molecule has 0 bridgehead atoms. The van der Waals surface area contributed by atoms with Crippen molar-refractivity contribution in [3.05, 3.63) is 53.1 Å². The van der Waals surface area contributed by atoms with Crippen molar-refractivity contribution in [2.45, 2.75) is 52.9 Å². The minimum Gasteiger partial charge on any atom is -0.371 e. The second-order valence-corrected chi connectivity index (χ2v) is 9.63. The average molecular weight is 449 g/mol. The molecule has 2 heterocycles. The van der Waals surface area contributed by atoms with Crippen LogP contribution in [0.1, 0.15) is 60.5 Å². The van der Waals surface area contributed by atoms with Gasteiger partial charge in [0.1, 0.15) is 0 Å².